The van der Waals surface area contributed by atoms with Gasteiger partial charge in [0.25, 0.3) is 0 Å². The van der Waals surface area contributed by atoms with Crippen molar-refractivity contribution in [3.63, 3.8) is 0 Å². The predicted molar refractivity (Wildman–Crippen MR) is 60.6 cm³/mol. The summed E-state index contributed by atoms with van der Waals surface area (Å²) in [6.07, 6.45) is 1.22. The maximum absolute atomic E-state index is 13.7. The van der Waals surface area contributed by atoms with Crippen molar-refractivity contribution in [3.05, 3.63) is 47.1 Å². The fourth-order valence-electron chi connectivity index (χ4n) is 1.62. The minimum Gasteiger partial charge on any atom is -0.343 e. The van der Waals surface area contributed by atoms with Gasteiger partial charge in [-0.2, -0.15) is 4.98 Å². The van der Waals surface area contributed by atoms with Crippen LogP contribution in [0, 0.1) is 18.6 Å². The van der Waals surface area contributed by atoms with E-state index in [1.54, 1.807) is 6.92 Å². The van der Waals surface area contributed by atoms with Crippen LogP contribution in [0.1, 0.15) is 29.9 Å². The van der Waals surface area contributed by atoms with E-state index in [-0.39, 0.29) is 11.6 Å². The molecule has 0 aliphatic carbocycles. The van der Waals surface area contributed by atoms with Gasteiger partial charge in [0.1, 0.15) is 11.6 Å². The Morgan fingerprint density at radius 1 is 1.33 bits per heavy atom. The maximum atomic E-state index is 13.7. The highest BCUT2D eigenvalue weighted by Crippen LogP contribution is 2.20. The zero-order valence-corrected chi connectivity index (χ0v) is 10.1. The van der Waals surface area contributed by atoms with Crippen LogP contribution in [-0.4, -0.2) is 10.1 Å². The minimum absolute atomic E-state index is 0.279. The van der Waals surface area contributed by atoms with Crippen LogP contribution in [0.15, 0.2) is 23.0 Å². The molecule has 1 N–H and O–H groups in total. The van der Waals surface area contributed by atoms with Crippen LogP contribution in [0.2, 0.25) is 0 Å². The Kier molecular flexibility index (Phi) is 3.66. The third-order valence-electron chi connectivity index (χ3n) is 2.72. The molecule has 0 saturated heterocycles. The second kappa shape index (κ2) is 5.22. The van der Waals surface area contributed by atoms with Crippen molar-refractivity contribution in [1.82, 2.24) is 15.5 Å². The molecule has 2 aromatic rings. The average Bonchev–Trinajstić information content (AvgIpc) is 2.84. The number of nitrogens with one attached hydrogen (secondary N) is 1. The van der Waals surface area contributed by atoms with Gasteiger partial charge in [-0.3, -0.25) is 0 Å². The monoisotopic (exact) mass is 253 g/mol. The molecule has 96 valence electrons. The Morgan fingerprint density at radius 3 is 2.78 bits per heavy atom. The first-order valence-corrected chi connectivity index (χ1v) is 5.52. The molecule has 0 aliphatic rings. The zero-order chi connectivity index (χ0) is 13.1. The van der Waals surface area contributed by atoms with Gasteiger partial charge in [-0.15, -0.1) is 0 Å². The molecule has 0 amide bonds. The highest BCUT2D eigenvalue weighted by atomic mass is 19.1. The average molecular weight is 253 g/mol. The molecule has 0 spiro atoms. The molecule has 0 fully saturated rings. The number of aromatic nitrogens is 2. The van der Waals surface area contributed by atoms with Gasteiger partial charge in [0, 0.05) is 11.6 Å². The smallest absolute Gasteiger partial charge is 0.213 e. The van der Waals surface area contributed by atoms with Crippen LogP contribution < -0.4 is 5.32 Å². The van der Waals surface area contributed by atoms with Crippen LogP contribution >= 0.6 is 0 Å². The van der Waals surface area contributed by atoms with Crippen molar-refractivity contribution >= 4 is 0 Å². The number of nitrogens with zero attached hydrogens (tertiary/aromatic N) is 2. The molecule has 0 aliphatic heterocycles. The van der Waals surface area contributed by atoms with Crippen LogP contribution in [0.5, 0.6) is 0 Å². The number of rotatable bonds is 4. The molecule has 1 atom stereocenters. The van der Waals surface area contributed by atoms with Crippen molar-refractivity contribution in [2.45, 2.75) is 26.4 Å². The first-order valence-electron chi connectivity index (χ1n) is 5.52. The van der Waals surface area contributed by atoms with Gasteiger partial charge >= 0.3 is 0 Å². The molecule has 1 aromatic heterocycles. The Morgan fingerprint density at radius 2 is 2.11 bits per heavy atom. The number of halogens is 2. The second-order valence-corrected chi connectivity index (χ2v) is 4.07. The number of aryl methyl sites for hydroxylation is 1. The number of hydrogen-bond donors (Lipinski definition) is 1. The van der Waals surface area contributed by atoms with Gasteiger partial charge in [-0.05, 0) is 31.5 Å². The summed E-state index contributed by atoms with van der Waals surface area (Å²) in [5, 5.41) is 6.62. The Balaban J connectivity index is 2.09. The summed E-state index contributed by atoms with van der Waals surface area (Å²) in [6, 6.07) is 2.05. The SMILES string of the molecule is Cc1cc(F)c(C(C)NCc2ncon2)cc1F. The summed E-state index contributed by atoms with van der Waals surface area (Å²) in [5.74, 6) is -0.378. The Labute approximate surface area is 103 Å². The summed E-state index contributed by atoms with van der Waals surface area (Å²) < 4.78 is 31.7. The van der Waals surface area contributed by atoms with E-state index in [1.165, 1.54) is 25.5 Å². The van der Waals surface area contributed by atoms with E-state index in [1.807, 2.05) is 0 Å². The lowest BCUT2D eigenvalue weighted by Gasteiger charge is -2.14. The fourth-order valence-corrected chi connectivity index (χ4v) is 1.62. The van der Waals surface area contributed by atoms with Crippen LogP contribution in [0.3, 0.4) is 0 Å². The summed E-state index contributed by atoms with van der Waals surface area (Å²) in [5.41, 5.74) is 0.572. The minimum atomic E-state index is -0.429. The molecule has 1 heterocycles. The topological polar surface area (TPSA) is 51.0 Å². The number of hydrogen-bond acceptors (Lipinski definition) is 4. The van der Waals surface area contributed by atoms with Crippen molar-refractivity contribution in [3.8, 4) is 0 Å². The van der Waals surface area contributed by atoms with E-state index in [4.69, 9.17) is 0 Å². The van der Waals surface area contributed by atoms with Crippen LogP contribution in [0.4, 0.5) is 8.78 Å². The normalized spacial score (nSPS) is 12.7. The predicted octanol–water partition coefficient (Wildman–Crippen LogP) is 2.51. The van der Waals surface area contributed by atoms with Crippen molar-refractivity contribution < 1.29 is 13.3 Å². The van der Waals surface area contributed by atoms with Crippen molar-refractivity contribution in [2.75, 3.05) is 0 Å². The molecular weight excluding hydrogens is 240 g/mol. The van der Waals surface area contributed by atoms with Gasteiger partial charge < -0.3 is 9.84 Å². The summed E-state index contributed by atoms with van der Waals surface area (Å²) in [7, 11) is 0. The van der Waals surface area contributed by atoms with Crippen molar-refractivity contribution in [2.24, 2.45) is 0 Å². The third kappa shape index (κ3) is 2.70. The standard InChI is InChI=1S/C12H13F2N3O/c1-7-3-11(14)9(4-10(7)13)8(2)15-5-12-16-6-18-17-12/h3-4,6,8,15H,5H2,1-2H3. The highest BCUT2D eigenvalue weighted by Gasteiger charge is 2.14. The largest absolute Gasteiger partial charge is 0.343 e. The van der Waals surface area contributed by atoms with Crippen LogP contribution in [0.25, 0.3) is 0 Å². The molecule has 0 bridgehead atoms. The van der Waals surface area contributed by atoms with E-state index in [0.29, 0.717) is 17.9 Å². The molecule has 18 heavy (non-hydrogen) atoms. The van der Waals surface area contributed by atoms with Gasteiger partial charge in [0.05, 0.1) is 6.54 Å². The summed E-state index contributed by atoms with van der Waals surface area (Å²) in [6.45, 7) is 3.60. The van der Waals surface area contributed by atoms with E-state index in [0.717, 1.165) is 0 Å². The third-order valence-corrected chi connectivity index (χ3v) is 2.72. The van der Waals surface area contributed by atoms with E-state index >= 15 is 0 Å². The molecular formula is C12H13F2N3O. The van der Waals surface area contributed by atoms with E-state index in [2.05, 4.69) is 20.0 Å². The maximum Gasteiger partial charge on any atom is 0.213 e. The molecule has 2 rings (SSSR count). The van der Waals surface area contributed by atoms with Crippen molar-refractivity contribution in [1.29, 1.82) is 0 Å². The molecule has 0 radical (unpaired) electrons. The van der Waals surface area contributed by atoms with Gasteiger partial charge in [0.2, 0.25) is 6.39 Å². The molecule has 1 unspecified atom stereocenters. The van der Waals surface area contributed by atoms with E-state index in [9.17, 15) is 8.78 Å². The molecule has 6 heteroatoms. The first kappa shape index (κ1) is 12.6. The van der Waals surface area contributed by atoms with Crippen LogP contribution in [-0.2, 0) is 6.54 Å². The number of benzene rings is 1. The highest BCUT2D eigenvalue weighted by molar-refractivity contribution is 5.27. The molecule has 4 nitrogen and oxygen atoms in total. The summed E-state index contributed by atoms with van der Waals surface area (Å²) in [4.78, 5) is 3.83. The molecule has 0 saturated carbocycles. The molecule has 1 aromatic carbocycles. The van der Waals surface area contributed by atoms with E-state index < -0.39 is 11.6 Å². The fraction of sp³-hybridized carbons (Fsp3) is 0.333. The van der Waals surface area contributed by atoms with Gasteiger partial charge in [-0.1, -0.05) is 5.16 Å². The lowest BCUT2D eigenvalue weighted by Crippen LogP contribution is -2.20. The Hall–Kier alpha value is -1.82. The lowest BCUT2D eigenvalue weighted by atomic mass is 10.1. The quantitative estimate of drug-likeness (QED) is 0.909. The summed E-state index contributed by atoms with van der Waals surface area (Å²) >= 11 is 0. The van der Waals surface area contributed by atoms with Gasteiger partial charge in [0.15, 0.2) is 5.82 Å². The Bertz CT molecular complexity index is 528. The zero-order valence-electron chi connectivity index (χ0n) is 10.1. The van der Waals surface area contributed by atoms with Gasteiger partial charge in [-0.25, -0.2) is 8.78 Å². The second-order valence-electron chi connectivity index (χ2n) is 4.07. The first-order chi connectivity index (χ1) is 8.58. The lowest BCUT2D eigenvalue weighted by molar-refractivity contribution is 0.404.